The molecule has 0 saturated heterocycles. The molecule has 1 amide bonds. The van der Waals surface area contributed by atoms with Gasteiger partial charge in [0.2, 0.25) is 11.7 Å². The fourth-order valence-electron chi connectivity index (χ4n) is 1.94. The molecule has 0 atom stereocenters. The van der Waals surface area contributed by atoms with E-state index in [1.54, 1.807) is 36.2 Å². The number of ether oxygens (including phenoxy) is 1. The number of aryl methyl sites for hydroxylation is 1. The second kappa shape index (κ2) is 9.89. The molecule has 0 saturated carbocycles. The molecule has 0 aliphatic rings. The van der Waals surface area contributed by atoms with Crippen LogP contribution in [0.5, 0.6) is 5.75 Å². The molecule has 24 heavy (non-hydrogen) atoms. The number of rotatable bonds is 8. The average Bonchev–Trinajstić information content (AvgIpc) is 3.05. The predicted molar refractivity (Wildman–Crippen MR) is 92.6 cm³/mol. The standard InChI is InChI=1S/C16H22N4O3.ClH/c1-4-15-18-14(19-23-15)11-22-13-7-5-12(6-8-13)16(21)20(3)10-9-17-2;/h5-8,17H,4,9-11H2,1-3H3;1H. The number of nitrogens with zero attached hydrogens (tertiary/aromatic N) is 3. The van der Waals surface area contributed by atoms with Gasteiger partial charge in [0.1, 0.15) is 5.75 Å². The van der Waals surface area contributed by atoms with Crippen molar-refractivity contribution in [2.24, 2.45) is 0 Å². The van der Waals surface area contributed by atoms with E-state index in [0.29, 0.717) is 36.0 Å². The van der Waals surface area contributed by atoms with Gasteiger partial charge in [-0.25, -0.2) is 0 Å². The Balaban J connectivity index is 0.00000288. The van der Waals surface area contributed by atoms with Gasteiger partial charge in [0.25, 0.3) is 5.91 Å². The van der Waals surface area contributed by atoms with Crippen LogP contribution in [-0.4, -0.2) is 48.1 Å². The molecule has 8 heteroatoms. The van der Waals surface area contributed by atoms with Crippen LogP contribution in [-0.2, 0) is 13.0 Å². The number of benzene rings is 1. The molecule has 0 aliphatic heterocycles. The summed E-state index contributed by atoms with van der Waals surface area (Å²) in [6.45, 7) is 3.60. The van der Waals surface area contributed by atoms with Crippen LogP contribution in [0.4, 0.5) is 0 Å². The highest BCUT2D eigenvalue weighted by Gasteiger charge is 2.11. The molecule has 2 rings (SSSR count). The van der Waals surface area contributed by atoms with Crippen molar-refractivity contribution >= 4 is 18.3 Å². The number of hydrogen-bond donors (Lipinski definition) is 1. The quantitative estimate of drug-likeness (QED) is 0.780. The SMILES string of the molecule is CCc1nc(COc2ccc(C(=O)N(C)CCNC)cc2)no1.Cl. The van der Waals surface area contributed by atoms with E-state index in [1.807, 2.05) is 14.0 Å². The van der Waals surface area contributed by atoms with Crippen LogP contribution in [0.3, 0.4) is 0 Å². The highest BCUT2D eigenvalue weighted by atomic mass is 35.5. The number of amides is 1. The average molecular weight is 355 g/mol. The second-order valence-corrected chi connectivity index (χ2v) is 5.10. The zero-order valence-electron chi connectivity index (χ0n) is 14.1. The van der Waals surface area contributed by atoms with Crippen LogP contribution in [0, 0.1) is 0 Å². The molecule has 0 radical (unpaired) electrons. The molecule has 0 fully saturated rings. The van der Waals surface area contributed by atoms with Gasteiger partial charge in [-0.1, -0.05) is 12.1 Å². The molecule has 1 aromatic heterocycles. The van der Waals surface area contributed by atoms with Crippen LogP contribution in [0.1, 0.15) is 29.0 Å². The molecule has 132 valence electrons. The third kappa shape index (κ3) is 5.50. The lowest BCUT2D eigenvalue weighted by Gasteiger charge is -2.17. The van der Waals surface area contributed by atoms with Crippen LogP contribution in [0.25, 0.3) is 0 Å². The molecule has 0 spiro atoms. The van der Waals surface area contributed by atoms with Crippen molar-refractivity contribution in [1.82, 2.24) is 20.4 Å². The van der Waals surface area contributed by atoms with Crippen LogP contribution in [0.15, 0.2) is 28.8 Å². The topological polar surface area (TPSA) is 80.5 Å². The van der Waals surface area contributed by atoms with Gasteiger partial charge in [-0.3, -0.25) is 4.79 Å². The van der Waals surface area contributed by atoms with Gasteiger partial charge in [-0.05, 0) is 31.3 Å². The highest BCUT2D eigenvalue weighted by molar-refractivity contribution is 5.94. The molecule has 0 aliphatic carbocycles. The minimum atomic E-state index is -0.0162. The van der Waals surface area contributed by atoms with E-state index in [9.17, 15) is 4.79 Å². The highest BCUT2D eigenvalue weighted by Crippen LogP contribution is 2.14. The zero-order chi connectivity index (χ0) is 16.7. The number of carbonyl (C=O) groups excluding carboxylic acids is 1. The Morgan fingerprint density at radius 2 is 2.04 bits per heavy atom. The molecule has 1 N–H and O–H groups in total. The maximum absolute atomic E-state index is 12.2. The van der Waals surface area contributed by atoms with E-state index in [0.717, 1.165) is 6.54 Å². The first-order chi connectivity index (χ1) is 11.1. The Morgan fingerprint density at radius 3 is 2.62 bits per heavy atom. The van der Waals surface area contributed by atoms with Crippen molar-refractivity contribution in [2.45, 2.75) is 20.0 Å². The summed E-state index contributed by atoms with van der Waals surface area (Å²) in [4.78, 5) is 18.1. The molecular weight excluding hydrogens is 332 g/mol. The minimum Gasteiger partial charge on any atom is -0.485 e. The molecule has 7 nitrogen and oxygen atoms in total. The Bertz CT molecular complexity index is 631. The first-order valence-corrected chi connectivity index (χ1v) is 7.58. The van der Waals surface area contributed by atoms with Crippen LogP contribution in [0.2, 0.25) is 0 Å². The van der Waals surface area contributed by atoms with Gasteiger partial charge in [0.05, 0.1) is 0 Å². The Morgan fingerprint density at radius 1 is 1.33 bits per heavy atom. The first kappa shape index (κ1) is 19.9. The minimum absolute atomic E-state index is 0. The monoisotopic (exact) mass is 354 g/mol. The van der Waals surface area contributed by atoms with E-state index in [2.05, 4.69) is 15.5 Å². The number of nitrogens with one attached hydrogen (secondary N) is 1. The predicted octanol–water partition coefficient (Wildman–Crippen LogP) is 1.92. The van der Waals surface area contributed by atoms with E-state index in [4.69, 9.17) is 9.26 Å². The summed E-state index contributed by atoms with van der Waals surface area (Å²) in [5.74, 6) is 1.74. The molecular formula is C16H23ClN4O3. The Labute approximate surface area is 147 Å². The lowest BCUT2D eigenvalue weighted by molar-refractivity contribution is 0.0797. The summed E-state index contributed by atoms with van der Waals surface area (Å²) in [7, 11) is 3.64. The van der Waals surface area contributed by atoms with Crippen LogP contribution >= 0.6 is 12.4 Å². The van der Waals surface area contributed by atoms with Gasteiger partial charge in [0.15, 0.2) is 6.61 Å². The fraction of sp³-hybridized carbons (Fsp3) is 0.438. The van der Waals surface area contributed by atoms with Crippen molar-refractivity contribution in [3.63, 3.8) is 0 Å². The van der Waals surface area contributed by atoms with Gasteiger partial charge in [0, 0.05) is 32.1 Å². The number of halogens is 1. The van der Waals surface area contributed by atoms with Crippen LogP contribution < -0.4 is 10.1 Å². The second-order valence-electron chi connectivity index (χ2n) is 5.10. The first-order valence-electron chi connectivity index (χ1n) is 7.58. The number of likely N-dealkylation sites (N-methyl/N-ethyl adjacent to an activating group) is 2. The van der Waals surface area contributed by atoms with E-state index in [-0.39, 0.29) is 24.9 Å². The summed E-state index contributed by atoms with van der Waals surface area (Å²) in [6.07, 6.45) is 0.699. The van der Waals surface area contributed by atoms with Crippen molar-refractivity contribution in [1.29, 1.82) is 0 Å². The van der Waals surface area contributed by atoms with Crippen molar-refractivity contribution in [2.75, 3.05) is 27.2 Å². The summed E-state index contributed by atoms with van der Waals surface area (Å²) in [6, 6.07) is 7.03. The van der Waals surface area contributed by atoms with E-state index >= 15 is 0 Å². The maximum atomic E-state index is 12.2. The lowest BCUT2D eigenvalue weighted by atomic mass is 10.2. The van der Waals surface area contributed by atoms with Gasteiger partial charge in [-0.15, -0.1) is 12.4 Å². The number of carbonyl (C=O) groups is 1. The van der Waals surface area contributed by atoms with Gasteiger partial charge >= 0.3 is 0 Å². The third-order valence-corrected chi connectivity index (χ3v) is 3.33. The molecule has 1 heterocycles. The smallest absolute Gasteiger partial charge is 0.253 e. The molecule has 1 aromatic carbocycles. The normalized spacial score (nSPS) is 10.1. The Kier molecular flexibility index (Phi) is 8.21. The van der Waals surface area contributed by atoms with Crippen molar-refractivity contribution in [3.05, 3.63) is 41.5 Å². The Hall–Kier alpha value is -2.12. The number of hydrogen-bond acceptors (Lipinski definition) is 6. The van der Waals surface area contributed by atoms with Crippen molar-refractivity contribution < 1.29 is 14.1 Å². The summed E-state index contributed by atoms with van der Waals surface area (Å²) in [5.41, 5.74) is 0.629. The van der Waals surface area contributed by atoms with Crippen molar-refractivity contribution in [3.8, 4) is 5.75 Å². The number of aromatic nitrogens is 2. The molecule has 0 bridgehead atoms. The largest absolute Gasteiger partial charge is 0.485 e. The zero-order valence-corrected chi connectivity index (χ0v) is 14.9. The summed E-state index contributed by atoms with van der Waals surface area (Å²) in [5, 5.41) is 6.84. The maximum Gasteiger partial charge on any atom is 0.253 e. The lowest BCUT2D eigenvalue weighted by Crippen LogP contribution is -2.32. The van der Waals surface area contributed by atoms with Gasteiger partial charge < -0.3 is 19.5 Å². The summed E-state index contributed by atoms with van der Waals surface area (Å²) < 4.78 is 10.6. The van der Waals surface area contributed by atoms with E-state index in [1.165, 1.54) is 0 Å². The fourth-order valence-corrected chi connectivity index (χ4v) is 1.94. The summed E-state index contributed by atoms with van der Waals surface area (Å²) >= 11 is 0. The molecule has 0 unspecified atom stereocenters. The van der Waals surface area contributed by atoms with E-state index < -0.39 is 0 Å². The third-order valence-electron chi connectivity index (χ3n) is 3.33. The molecule has 2 aromatic rings. The van der Waals surface area contributed by atoms with Gasteiger partial charge in [-0.2, -0.15) is 4.98 Å².